The molecule has 0 saturated carbocycles. The van der Waals surface area contributed by atoms with Gasteiger partial charge in [0.2, 0.25) is 0 Å². The number of nitrogen functional groups attached to an aromatic ring is 1. The van der Waals surface area contributed by atoms with Crippen LogP contribution in [0.3, 0.4) is 0 Å². The largest absolute Gasteiger partial charge is 0.384 e. The summed E-state index contributed by atoms with van der Waals surface area (Å²) in [4.78, 5) is 8.02. The molecular formula is C12H13N5. The molecule has 0 radical (unpaired) electrons. The van der Waals surface area contributed by atoms with E-state index in [1.165, 1.54) is 6.33 Å². The second kappa shape index (κ2) is 4.26. The number of nitrogens with zero attached hydrogens (tertiary/aromatic N) is 4. The summed E-state index contributed by atoms with van der Waals surface area (Å²) < 4.78 is 1.90. The molecule has 0 spiro atoms. The Balaban J connectivity index is 2.45. The zero-order valence-electron chi connectivity index (χ0n) is 9.81. The van der Waals surface area contributed by atoms with Crippen LogP contribution in [0.5, 0.6) is 0 Å². The first kappa shape index (κ1) is 11.1. The highest BCUT2D eigenvalue weighted by atomic mass is 15.1. The lowest BCUT2D eigenvalue weighted by Crippen LogP contribution is -2.07. The van der Waals surface area contributed by atoms with E-state index in [1.54, 1.807) is 6.20 Å². The van der Waals surface area contributed by atoms with Crippen molar-refractivity contribution < 1.29 is 0 Å². The number of rotatable bonds is 2. The number of nitrogens with two attached hydrogens (primary N) is 1. The van der Waals surface area contributed by atoms with E-state index in [2.05, 4.69) is 16.0 Å². The van der Waals surface area contributed by atoms with Crippen molar-refractivity contribution in [3.8, 4) is 6.07 Å². The van der Waals surface area contributed by atoms with Gasteiger partial charge in [0.05, 0.1) is 17.8 Å². The Labute approximate surface area is 99.5 Å². The summed E-state index contributed by atoms with van der Waals surface area (Å²) in [5, 5.41) is 9.03. The lowest BCUT2D eigenvalue weighted by atomic mass is 10.2. The predicted octanol–water partition coefficient (Wildman–Crippen LogP) is 1.40. The van der Waals surface area contributed by atoms with E-state index in [0.717, 1.165) is 17.0 Å². The molecule has 0 atom stereocenters. The summed E-state index contributed by atoms with van der Waals surface area (Å²) in [6, 6.07) is 3.97. The molecule has 0 aliphatic carbocycles. The standard InChI is InChI=1S/C12H13N5/c1-8-9(2)17(12(14)11(8)5-13)6-10-3-4-15-7-16-10/h3-4,7H,6,14H2,1-2H3. The fourth-order valence-electron chi connectivity index (χ4n) is 1.81. The van der Waals surface area contributed by atoms with Crippen molar-refractivity contribution in [2.45, 2.75) is 20.4 Å². The molecule has 5 heteroatoms. The summed E-state index contributed by atoms with van der Waals surface area (Å²) in [7, 11) is 0. The molecule has 2 aromatic heterocycles. The van der Waals surface area contributed by atoms with Gasteiger partial charge in [-0.15, -0.1) is 0 Å². The Morgan fingerprint density at radius 2 is 2.24 bits per heavy atom. The van der Waals surface area contributed by atoms with Gasteiger partial charge >= 0.3 is 0 Å². The van der Waals surface area contributed by atoms with E-state index in [9.17, 15) is 0 Å². The molecule has 86 valence electrons. The van der Waals surface area contributed by atoms with E-state index >= 15 is 0 Å². The Hall–Kier alpha value is -2.35. The van der Waals surface area contributed by atoms with Crippen LogP contribution in [0.4, 0.5) is 5.82 Å². The molecule has 0 bridgehead atoms. The van der Waals surface area contributed by atoms with Gasteiger partial charge in [0, 0.05) is 11.9 Å². The molecule has 2 aromatic rings. The second-order valence-electron chi connectivity index (χ2n) is 3.87. The monoisotopic (exact) mass is 227 g/mol. The van der Waals surface area contributed by atoms with E-state index in [1.807, 2.05) is 24.5 Å². The van der Waals surface area contributed by atoms with Gasteiger partial charge in [0.1, 0.15) is 18.2 Å². The topological polar surface area (TPSA) is 80.5 Å². The van der Waals surface area contributed by atoms with E-state index in [0.29, 0.717) is 17.9 Å². The maximum Gasteiger partial charge on any atom is 0.122 e. The fraction of sp³-hybridized carbons (Fsp3) is 0.250. The third kappa shape index (κ3) is 1.85. The first-order chi connectivity index (χ1) is 8.15. The van der Waals surface area contributed by atoms with Gasteiger partial charge in [-0.1, -0.05) is 0 Å². The highest BCUT2D eigenvalue weighted by Crippen LogP contribution is 2.23. The van der Waals surface area contributed by atoms with Crippen LogP contribution in [-0.4, -0.2) is 14.5 Å². The van der Waals surface area contributed by atoms with E-state index in [4.69, 9.17) is 11.0 Å². The van der Waals surface area contributed by atoms with Crippen LogP contribution >= 0.6 is 0 Å². The Morgan fingerprint density at radius 3 is 2.76 bits per heavy atom. The van der Waals surface area contributed by atoms with Gasteiger partial charge in [-0.3, -0.25) is 0 Å². The minimum Gasteiger partial charge on any atom is -0.384 e. The third-order valence-corrected chi connectivity index (χ3v) is 2.94. The van der Waals surface area contributed by atoms with Gasteiger partial charge in [-0.05, 0) is 25.5 Å². The highest BCUT2D eigenvalue weighted by Gasteiger charge is 2.15. The van der Waals surface area contributed by atoms with Crippen LogP contribution < -0.4 is 5.73 Å². The number of hydrogen-bond donors (Lipinski definition) is 1. The van der Waals surface area contributed by atoms with Gasteiger partial charge in [0.15, 0.2) is 0 Å². The summed E-state index contributed by atoms with van der Waals surface area (Å²) in [5.74, 6) is 0.501. The summed E-state index contributed by atoms with van der Waals surface area (Å²) in [5.41, 5.74) is 9.31. The van der Waals surface area contributed by atoms with E-state index < -0.39 is 0 Å². The Kier molecular flexibility index (Phi) is 2.79. The van der Waals surface area contributed by atoms with Crippen LogP contribution in [0.2, 0.25) is 0 Å². The van der Waals surface area contributed by atoms with Crippen molar-refractivity contribution in [1.29, 1.82) is 5.26 Å². The average Bonchev–Trinajstić information content (AvgIpc) is 2.55. The Bertz CT molecular complexity index is 577. The van der Waals surface area contributed by atoms with Gasteiger partial charge in [-0.25, -0.2) is 9.97 Å². The molecule has 0 fully saturated rings. The van der Waals surface area contributed by atoms with Crippen molar-refractivity contribution >= 4 is 5.82 Å². The van der Waals surface area contributed by atoms with Gasteiger partial charge < -0.3 is 10.3 Å². The van der Waals surface area contributed by atoms with Crippen LogP contribution in [0.1, 0.15) is 22.5 Å². The zero-order valence-corrected chi connectivity index (χ0v) is 9.81. The summed E-state index contributed by atoms with van der Waals surface area (Å²) in [6.07, 6.45) is 3.19. The lowest BCUT2D eigenvalue weighted by Gasteiger charge is -2.07. The number of hydrogen-bond acceptors (Lipinski definition) is 4. The maximum absolute atomic E-state index is 9.03. The molecule has 0 amide bonds. The SMILES string of the molecule is Cc1c(C#N)c(N)n(Cc2ccncn2)c1C. The highest BCUT2D eigenvalue weighted by molar-refractivity contribution is 5.58. The molecule has 2 rings (SSSR count). The molecule has 0 unspecified atom stereocenters. The first-order valence-electron chi connectivity index (χ1n) is 5.25. The van der Waals surface area contributed by atoms with Crippen LogP contribution in [0, 0.1) is 25.2 Å². The van der Waals surface area contributed by atoms with Crippen molar-refractivity contribution in [1.82, 2.24) is 14.5 Å². The van der Waals surface area contributed by atoms with Crippen molar-refractivity contribution in [3.63, 3.8) is 0 Å². The quantitative estimate of drug-likeness (QED) is 0.840. The van der Waals surface area contributed by atoms with Crippen molar-refractivity contribution in [2.24, 2.45) is 0 Å². The normalized spacial score (nSPS) is 10.2. The van der Waals surface area contributed by atoms with Crippen LogP contribution in [0.15, 0.2) is 18.6 Å². The maximum atomic E-state index is 9.03. The molecule has 0 aliphatic rings. The lowest BCUT2D eigenvalue weighted by molar-refractivity contribution is 0.758. The molecular weight excluding hydrogens is 214 g/mol. The predicted molar refractivity (Wildman–Crippen MR) is 64.2 cm³/mol. The second-order valence-corrected chi connectivity index (χ2v) is 3.87. The zero-order chi connectivity index (χ0) is 12.4. The smallest absolute Gasteiger partial charge is 0.122 e. The number of aromatic nitrogens is 3. The van der Waals surface area contributed by atoms with Gasteiger partial charge in [0.25, 0.3) is 0 Å². The van der Waals surface area contributed by atoms with Crippen LogP contribution in [0.25, 0.3) is 0 Å². The minimum atomic E-state index is 0.501. The molecule has 5 nitrogen and oxygen atoms in total. The Morgan fingerprint density at radius 1 is 1.47 bits per heavy atom. The molecule has 0 aromatic carbocycles. The molecule has 0 saturated heterocycles. The molecule has 0 aliphatic heterocycles. The molecule has 2 heterocycles. The molecule has 17 heavy (non-hydrogen) atoms. The van der Waals surface area contributed by atoms with Crippen molar-refractivity contribution in [3.05, 3.63) is 41.1 Å². The van der Waals surface area contributed by atoms with Crippen molar-refractivity contribution in [2.75, 3.05) is 5.73 Å². The summed E-state index contributed by atoms with van der Waals surface area (Å²) >= 11 is 0. The number of anilines is 1. The minimum absolute atomic E-state index is 0.501. The van der Waals surface area contributed by atoms with Crippen LogP contribution in [-0.2, 0) is 6.54 Å². The first-order valence-corrected chi connectivity index (χ1v) is 5.25. The van der Waals surface area contributed by atoms with E-state index in [-0.39, 0.29) is 0 Å². The summed E-state index contributed by atoms with van der Waals surface area (Å²) in [6.45, 7) is 4.41. The fourth-order valence-corrected chi connectivity index (χ4v) is 1.81. The van der Waals surface area contributed by atoms with Gasteiger partial charge in [-0.2, -0.15) is 5.26 Å². The number of nitriles is 1. The average molecular weight is 227 g/mol. The molecule has 2 N–H and O–H groups in total. The third-order valence-electron chi connectivity index (χ3n) is 2.94.